The molecule has 1 aromatic heterocycles. The lowest BCUT2D eigenvalue weighted by Crippen LogP contribution is -2.06. The fraction of sp³-hybridized carbons (Fsp3) is 0.294. The van der Waals surface area contributed by atoms with Crippen LogP contribution in [0.3, 0.4) is 0 Å². The molecule has 2 aromatic rings. The fourth-order valence-corrected chi connectivity index (χ4v) is 2.39. The molecule has 0 aliphatic heterocycles. The molecular weight excluding hydrogens is 234 g/mol. The summed E-state index contributed by atoms with van der Waals surface area (Å²) in [5, 5.41) is 0. The van der Waals surface area contributed by atoms with Gasteiger partial charge in [0.15, 0.2) is 0 Å². The number of benzene rings is 1. The molecule has 1 heterocycles. The predicted molar refractivity (Wildman–Crippen MR) is 77.6 cm³/mol. The molecule has 0 amide bonds. The summed E-state index contributed by atoms with van der Waals surface area (Å²) in [4.78, 5) is 16.6. The molecule has 19 heavy (non-hydrogen) atoms. The molecule has 0 radical (unpaired) electrons. The van der Waals surface area contributed by atoms with Crippen LogP contribution in [0.5, 0.6) is 0 Å². The number of fused-ring (bicyclic) bond motifs is 2. The molecule has 1 aliphatic carbocycles. The van der Waals surface area contributed by atoms with E-state index in [9.17, 15) is 4.79 Å². The third kappa shape index (κ3) is 2.58. The van der Waals surface area contributed by atoms with Crippen LogP contribution in [0.15, 0.2) is 36.5 Å². The van der Waals surface area contributed by atoms with E-state index in [0.717, 1.165) is 29.5 Å². The third-order valence-electron chi connectivity index (χ3n) is 3.28. The second-order valence-electron chi connectivity index (χ2n) is 4.50. The molecule has 2 heteroatoms. The Balaban J connectivity index is 0.000000637. The minimum absolute atomic E-state index is 0.0631. The Bertz CT molecular complexity index is 602. The molecule has 0 fully saturated rings. The maximum Gasteiger partial charge on any atom is 0.211 e. The average Bonchev–Trinajstić information content (AvgIpc) is 2.59. The lowest BCUT2D eigenvalue weighted by atomic mass is 9.99. The first-order valence-corrected chi connectivity index (χ1v) is 6.84. The molecule has 1 aromatic carbocycles. The van der Waals surface area contributed by atoms with Gasteiger partial charge in [-0.3, -0.25) is 9.78 Å². The van der Waals surface area contributed by atoms with Gasteiger partial charge in [0, 0.05) is 11.8 Å². The van der Waals surface area contributed by atoms with Gasteiger partial charge in [-0.2, -0.15) is 0 Å². The van der Waals surface area contributed by atoms with Crippen LogP contribution in [0.25, 0.3) is 0 Å². The lowest BCUT2D eigenvalue weighted by Gasteiger charge is -2.05. The molecule has 0 spiro atoms. The van der Waals surface area contributed by atoms with Gasteiger partial charge in [-0.25, -0.2) is 0 Å². The van der Waals surface area contributed by atoms with E-state index in [1.54, 1.807) is 6.20 Å². The summed E-state index contributed by atoms with van der Waals surface area (Å²) in [6, 6.07) is 9.92. The second-order valence-corrected chi connectivity index (χ2v) is 4.50. The Morgan fingerprint density at radius 3 is 2.58 bits per heavy atom. The first kappa shape index (κ1) is 13.5. The van der Waals surface area contributed by atoms with E-state index < -0.39 is 0 Å². The highest BCUT2D eigenvalue weighted by Crippen LogP contribution is 2.23. The molecule has 0 saturated heterocycles. The Hall–Kier alpha value is -1.96. The molecule has 3 rings (SSSR count). The molecular formula is C17H19NO. The zero-order valence-corrected chi connectivity index (χ0v) is 11.7. The van der Waals surface area contributed by atoms with Crippen molar-refractivity contribution in [1.29, 1.82) is 0 Å². The van der Waals surface area contributed by atoms with Crippen LogP contribution >= 0.6 is 0 Å². The number of pyridine rings is 1. The zero-order chi connectivity index (χ0) is 13.8. The second kappa shape index (κ2) is 5.79. The van der Waals surface area contributed by atoms with Crippen molar-refractivity contribution in [2.45, 2.75) is 33.6 Å². The van der Waals surface area contributed by atoms with Gasteiger partial charge < -0.3 is 0 Å². The number of aromatic nitrogens is 1. The van der Waals surface area contributed by atoms with Gasteiger partial charge in [-0.1, -0.05) is 43.7 Å². The topological polar surface area (TPSA) is 30.0 Å². The van der Waals surface area contributed by atoms with Crippen LogP contribution in [0.4, 0.5) is 0 Å². The predicted octanol–water partition coefficient (Wildman–Crippen LogP) is 3.75. The summed E-state index contributed by atoms with van der Waals surface area (Å²) in [6.45, 7) is 6.06. The summed E-state index contributed by atoms with van der Waals surface area (Å²) >= 11 is 0. The number of aryl methyl sites for hydroxylation is 3. The van der Waals surface area contributed by atoms with Crippen molar-refractivity contribution in [1.82, 2.24) is 4.98 Å². The quantitative estimate of drug-likeness (QED) is 0.715. The van der Waals surface area contributed by atoms with E-state index >= 15 is 0 Å². The molecule has 0 atom stereocenters. The summed E-state index contributed by atoms with van der Waals surface area (Å²) in [5.74, 6) is 0.0631. The highest BCUT2D eigenvalue weighted by molar-refractivity contribution is 6.10. The van der Waals surface area contributed by atoms with E-state index in [1.807, 2.05) is 38.1 Å². The molecule has 0 N–H and O–H groups in total. The molecule has 2 nitrogen and oxygen atoms in total. The Morgan fingerprint density at radius 2 is 1.79 bits per heavy atom. The summed E-state index contributed by atoms with van der Waals surface area (Å²) < 4.78 is 0. The van der Waals surface area contributed by atoms with Crippen molar-refractivity contribution in [3.05, 3.63) is 64.5 Å². The maximum absolute atomic E-state index is 12.4. The smallest absolute Gasteiger partial charge is 0.211 e. The van der Waals surface area contributed by atoms with Crippen LogP contribution in [-0.2, 0) is 12.8 Å². The summed E-state index contributed by atoms with van der Waals surface area (Å²) in [6.07, 6.45) is 3.50. The van der Waals surface area contributed by atoms with Crippen molar-refractivity contribution in [3.8, 4) is 0 Å². The number of carbonyl (C=O) groups excluding carboxylic acids is 1. The Kier molecular flexibility index (Phi) is 4.10. The first-order chi connectivity index (χ1) is 9.25. The van der Waals surface area contributed by atoms with Crippen LogP contribution < -0.4 is 0 Å². The van der Waals surface area contributed by atoms with Crippen molar-refractivity contribution in [2.24, 2.45) is 0 Å². The van der Waals surface area contributed by atoms with Gasteiger partial charge in [-0.05, 0) is 37.0 Å². The minimum atomic E-state index is 0.0631. The van der Waals surface area contributed by atoms with Crippen molar-refractivity contribution in [2.75, 3.05) is 0 Å². The fourth-order valence-electron chi connectivity index (χ4n) is 2.39. The van der Waals surface area contributed by atoms with E-state index in [2.05, 4.69) is 18.0 Å². The van der Waals surface area contributed by atoms with Gasteiger partial charge in [0.25, 0.3) is 0 Å². The normalized spacial score (nSPS) is 12.7. The number of ketones is 1. The lowest BCUT2D eigenvalue weighted by molar-refractivity contribution is 0.103. The van der Waals surface area contributed by atoms with Gasteiger partial charge in [0.1, 0.15) is 5.69 Å². The Morgan fingerprint density at radius 1 is 1.05 bits per heavy atom. The average molecular weight is 253 g/mol. The molecule has 0 bridgehead atoms. The van der Waals surface area contributed by atoms with E-state index in [-0.39, 0.29) is 5.78 Å². The third-order valence-corrected chi connectivity index (χ3v) is 3.28. The Labute approximate surface area is 114 Å². The minimum Gasteiger partial charge on any atom is -0.287 e. The van der Waals surface area contributed by atoms with Crippen LogP contribution in [-0.4, -0.2) is 10.8 Å². The number of hydrogen-bond donors (Lipinski definition) is 0. The van der Waals surface area contributed by atoms with Crippen LogP contribution in [0, 0.1) is 6.92 Å². The molecule has 98 valence electrons. The molecule has 1 aliphatic rings. The van der Waals surface area contributed by atoms with Gasteiger partial charge in [0.05, 0.1) is 0 Å². The van der Waals surface area contributed by atoms with Crippen LogP contribution in [0.2, 0.25) is 0 Å². The van der Waals surface area contributed by atoms with Crippen LogP contribution in [0.1, 0.15) is 46.6 Å². The molecule has 0 saturated carbocycles. The number of carbonyl (C=O) groups is 1. The van der Waals surface area contributed by atoms with Gasteiger partial charge in [0.2, 0.25) is 5.78 Å². The van der Waals surface area contributed by atoms with E-state index in [0.29, 0.717) is 5.69 Å². The number of rotatable bonds is 0. The zero-order valence-electron chi connectivity index (χ0n) is 11.7. The van der Waals surface area contributed by atoms with Crippen molar-refractivity contribution in [3.63, 3.8) is 0 Å². The first-order valence-electron chi connectivity index (χ1n) is 6.84. The highest BCUT2D eigenvalue weighted by atomic mass is 16.1. The highest BCUT2D eigenvalue weighted by Gasteiger charge is 2.21. The van der Waals surface area contributed by atoms with E-state index in [1.165, 1.54) is 5.56 Å². The van der Waals surface area contributed by atoms with Gasteiger partial charge >= 0.3 is 0 Å². The van der Waals surface area contributed by atoms with Gasteiger partial charge in [-0.15, -0.1) is 0 Å². The summed E-state index contributed by atoms with van der Waals surface area (Å²) in [7, 11) is 0. The van der Waals surface area contributed by atoms with E-state index in [4.69, 9.17) is 0 Å². The summed E-state index contributed by atoms with van der Waals surface area (Å²) in [5.41, 5.74) is 4.85. The monoisotopic (exact) mass is 253 g/mol. The maximum atomic E-state index is 12.4. The van der Waals surface area contributed by atoms with Crippen molar-refractivity contribution < 1.29 is 4.79 Å². The SMILES string of the molecule is CC.Cc1ccc2c(c1)CCc1cccnc1C2=O. The number of hydrogen-bond acceptors (Lipinski definition) is 2. The molecule has 0 unspecified atom stereocenters. The van der Waals surface area contributed by atoms with Crippen molar-refractivity contribution >= 4 is 5.78 Å². The largest absolute Gasteiger partial charge is 0.287 e. The standard InChI is InChI=1S/C15H13NO.C2H6/c1-10-4-7-13-12(9-10)6-5-11-3-2-8-16-14(11)15(13)17;1-2/h2-4,7-9H,5-6H2,1H3;1-2H3. The number of nitrogens with zero attached hydrogens (tertiary/aromatic N) is 1.